The first kappa shape index (κ1) is 12.1. The summed E-state index contributed by atoms with van der Waals surface area (Å²) < 4.78 is 1.56. The predicted octanol–water partition coefficient (Wildman–Crippen LogP) is 1.67. The number of benzene rings is 1. The third-order valence-electron chi connectivity index (χ3n) is 2.76. The summed E-state index contributed by atoms with van der Waals surface area (Å²) in [5.41, 5.74) is 5.11. The molecule has 0 amide bonds. The van der Waals surface area contributed by atoms with Gasteiger partial charge < -0.3 is 5.11 Å². The molecule has 0 atom stereocenters. The highest BCUT2D eigenvalue weighted by atomic mass is 16.3. The number of hydrazone groups is 1. The minimum absolute atomic E-state index is 0.209. The Morgan fingerprint density at radius 3 is 3.05 bits per heavy atom. The molecule has 0 unspecified atom stereocenters. The van der Waals surface area contributed by atoms with Gasteiger partial charge in [-0.2, -0.15) is 9.62 Å². The lowest BCUT2D eigenvalue weighted by molar-refractivity contribution is 0.475. The van der Waals surface area contributed by atoms with Gasteiger partial charge in [0.1, 0.15) is 12.1 Å². The van der Waals surface area contributed by atoms with Crippen LogP contribution in [0.4, 0.5) is 5.82 Å². The Morgan fingerprint density at radius 2 is 2.20 bits per heavy atom. The molecule has 2 aromatic heterocycles. The van der Waals surface area contributed by atoms with E-state index in [-0.39, 0.29) is 5.75 Å². The maximum absolute atomic E-state index is 9.44. The number of nitrogens with one attached hydrogen (secondary N) is 1. The molecule has 0 aliphatic carbocycles. The van der Waals surface area contributed by atoms with Crippen molar-refractivity contribution in [3.63, 3.8) is 0 Å². The van der Waals surface area contributed by atoms with Gasteiger partial charge in [0.15, 0.2) is 11.5 Å². The van der Waals surface area contributed by atoms with Crippen molar-refractivity contribution >= 4 is 17.2 Å². The van der Waals surface area contributed by atoms with Crippen molar-refractivity contribution in [2.75, 3.05) is 5.43 Å². The second-order valence-electron chi connectivity index (χ2n) is 4.21. The number of hydrogen-bond acceptors (Lipinski definition) is 6. The van der Waals surface area contributed by atoms with Crippen LogP contribution < -0.4 is 5.43 Å². The van der Waals surface area contributed by atoms with Crippen molar-refractivity contribution < 1.29 is 5.11 Å². The molecule has 2 N–H and O–H groups in total. The molecule has 20 heavy (non-hydrogen) atoms. The van der Waals surface area contributed by atoms with E-state index in [9.17, 15) is 5.11 Å². The number of aromatic hydroxyl groups is 1. The molecule has 1 aromatic carbocycles. The molecule has 2 heterocycles. The Bertz CT molecular complexity index is 779. The maximum atomic E-state index is 9.44. The van der Waals surface area contributed by atoms with Gasteiger partial charge in [-0.05, 0) is 31.2 Å². The minimum Gasteiger partial charge on any atom is -0.508 e. The smallest absolute Gasteiger partial charge is 0.177 e. The maximum Gasteiger partial charge on any atom is 0.177 e. The normalized spacial score (nSPS) is 11.8. The van der Waals surface area contributed by atoms with E-state index in [0.717, 1.165) is 11.3 Å². The van der Waals surface area contributed by atoms with Crippen molar-refractivity contribution in [1.82, 2.24) is 19.8 Å². The van der Waals surface area contributed by atoms with Gasteiger partial charge in [0.05, 0.1) is 5.71 Å². The van der Waals surface area contributed by atoms with Crippen molar-refractivity contribution in [3.05, 3.63) is 48.3 Å². The summed E-state index contributed by atoms with van der Waals surface area (Å²) in [6, 6.07) is 10.5. The number of phenolic OH excluding ortho intramolecular Hbond substituents is 1. The predicted molar refractivity (Wildman–Crippen MR) is 74.7 cm³/mol. The van der Waals surface area contributed by atoms with Crippen LogP contribution in [0.5, 0.6) is 5.75 Å². The largest absolute Gasteiger partial charge is 0.508 e. The molecule has 0 radical (unpaired) electrons. The van der Waals surface area contributed by atoms with Crippen LogP contribution in [-0.2, 0) is 0 Å². The molecule has 0 fully saturated rings. The van der Waals surface area contributed by atoms with Crippen LogP contribution >= 0.6 is 0 Å². The molecule has 100 valence electrons. The minimum atomic E-state index is 0.209. The van der Waals surface area contributed by atoms with Crippen molar-refractivity contribution in [3.8, 4) is 5.75 Å². The Kier molecular flexibility index (Phi) is 3.00. The van der Waals surface area contributed by atoms with Crippen LogP contribution in [-0.4, -0.2) is 30.6 Å². The number of nitrogens with zero attached hydrogens (tertiary/aromatic N) is 5. The summed E-state index contributed by atoms with van der Waals surface area (Å²) >= 11 is 0. The molecule has 3 aromatic rings. The van der Waals surface area contributed by atoms with E-state index in [1.54, 1.807) is 34.8 Å². The Labute approximate surface area is 114 Å². The third kappa shape index (κ3) is 2.41. The monoisotopic (exact) mass is 268 g/mol. The number of fused-ring (bicyclic) bond motifs is 1. The molecule has 0 aliphatic heterocycles. The van der Waals surface area contributed by atoms with Gasteiger partial charge in [-0.3, -0.25) is 5.43 Å². The van der Waals surface area contributed by atoms with Crippen LogP contribution in [0.15, 0.2) is 47.8 Å². The molecule has 7 nitrogen and oxygen atoms in total. The van der Waals surface area contributed by atoms with Gasteiger partial charge >= 0.3 is 0 Å². The van der Waals surface area contributed by atoms with E-state index in [1.807, 2.05) is 13.0 Å². The number of anilines is 1. The van der Waals surface area contributed by atoms with E-state index in [1.165, 1.54) is 6.33 Å². The highest BCUT2D eigenvalue weighted by Crippen LogP contribution is 2.12. The first-order chi connectivity index (χ1) is 9.72. The Morgan fingerprint density at radius 1 is 1.30 bits per heavy atom. The summed E-state index contributed by atoms with van der Waals surface area (Å²) in [4.78, 5) is 0. The zero-order chi connectivity index (χ0) is 13.9. The second-order valence-corrected chi connectivity index (χ2v) is 4.21. The van der Waals surface area contributed by atoms with Crippen LogP contribution in [0.2, 0.25) is 0 Å². The van der Waals surface area contributed by atoms with Gasteiger partial charge in [-0.25, -0.2) is 0 Å². The fourth-order valence-corrected chi connectivity index (χ4v) is 1.72. The van der Waals surface area contributed by atoms with Crippen molar-refractivity contribution in [2.45, 2.75) is 6.92 Å². The molecule has 0 bridgehead atoms. The molecule has 0 saturated heterocycles. The summed E-state index contributed by atoms with van der Waals surface area (Å²) in [6.45, 7) is 1.85. The molecular formula is C13H12N6O. The lowest BCUT2D eigenvalue weighted by Gasteiger charge is -2.03. The zero-order valence-corrected chi connectivity index (χ0v) is 10.7. The first-order valence-electron chi connectivity index (χ1n) is 5.99. The van der Waals surface area contributed by atoms with Crippen LogP contribution in [0, 0.1) is 0 Å². The quantitative estimate of drug-likeness (QED) is 0.557. The van der Waals surface area contributed by atoms with E-state index in [0.29, 0.717) is 11.5 Å². The fourth-order valence-electron chi connectivity index (χ4n) is 1.72. The Balaban J connectivity index is 1.82. The highest BCUT2D eigenvalue weighted by molar-refractivity contribution is 5.99. The third-order valence-corrected chi connectivity index (χ3v) is 2.76. The van der Waals surface area contributed by atoms with Gasteiger partial charge in [-0.15, -0.1) is 15.3 Å². The highest BCUT2D eigenvalue weighted by Gasteiger charge is 2.00. The number of aromatic nitrogens is 4. The molecule has 0 aliphatic rings. The topological polar surface area (TPSA) is 87.7 Å². The standard InChI is InChI=1S/C13H12N6O/c1-9(10-3-2-4-11(20)7-10)15-16-12-5-6-13-17-14-8-19(13)18-12/h2-8,20H,1H3,(H,16,18)/b15-9-. The van der Waals surface area contributed by atoms with E-state index >= 15 is 0 Å². The summed E-state index contributed by atoms with van der Waals surface area (Å²) in [7, 11) is 0. The van der Waals surface area contributed by atoms with Gasteiger partial charge in [0.2, 0.25) is 0 Å². The van der Waals surface area contributed by atoms with Crippen molar-refractivity contribution in [1.29, 1.82) is 0 Å². The summed E-state index contributed by atoms with van der Waals surface area (Å²) in [6.07, 6.45) is 1.52. The average Bonchev–Trinajstić information content (AvgIpc) is 2.92. The lowest BCUT2D eigenvalue weighted by Crippen LogP contribution is -2.02. The van der Waals surface area contributed by atoms with Crippen LogP contribution in [0.1, 0.15) is 12.5 Å². The van der Waals surface area contributed by atoms with E-state index in [4.69, 9.17) is 0 Å². The molecule has 7 heteroatoms. The van der Waals surface area contributed by atoms with E-state index < -0.39 is 0 Å². The number of hydrogen-bond donors (Lipinski definition) is 2. The molecular weight excluding hydrogens is 256 g/mol. The average molecular weight is 268 g/mol. The zero-order valence-electron chi connectivity index (χ0n) is 10.7. The summed E-state index contributed by atoms with van der Waals surface area (Å²) in [5.74, 6) is 0.790. The van der Waals surface area contributed by atoms with Gasteiger partial charge in [0, 0.05) is 5.56 Å². The Hall–Kier alpha value is -2.96. The fraction of sp³-hybridized carbons (Fsp3) is 0.0769. The number of phenols is 1. The van der Waals surface area contributed by atoms with Crippen molar-refractivity contribution in [2.24, 2.45) is 5.10 Å². The summed E-state index contributed by atoms with van der Waals surface area (Å²) in [5, 5.41) is 25.5. The first-order valence-corrected chi connectivity index (χ1v) is 5.99. The lowest BCUT2D eigenvalue weighted by atomic mass is 10.1. The molecule has 0 saturated carbocycles. The van der Waals surface area contributed by atoms with Crippen LogP contribution in [0.3, 0.4) is 0 Å². The molecule has 3 rings (SSSR count). The van der Waals surface area contributed by atoms with Crippen LogP contribution in [0.25, 0.3) is 5.65 Å². The number of rotatable bonds is 3. The second kappa shape index (κ2) is 4.96. The van der Waals surface area contributed by atoms with E-state index in [2.05, 4.69) is 25.8 Å². The van der Waals surface area contributed by atoms with Gasteiger partial charge in [0.25, 0.3) is 0 Å². The molecule has 0 spiro atoms. The van der Waals surface area contributed by atoms with Gasteiger partial charge in [-0.1, -0.05) is 12.1 Å². The SMILES string of the molecule is C/C(=N/Nc1ccc2nncn2n1)c1cccc(O)c1.